The summed E-state index contributed by atoms with van der Waals surface area (Å²) < 4.78 is 1.13. The summed E-state index contributed by atoms with van der Waals surface area (Å²) >= 11 is 1.66. The molecule has 1 aliphatic rings. The molecule has 0 amide bonds. The first-order chi connectivity index (χ1) is 9.74. The Morgan fingerprint density at radius 2 is 2.00 bits per heavy atom. The van der Waals surface area contributed by atoms with Crippen LogP contribution in [-0.4, -0.2) is 12.3 Å². The van der Waals surface area contributed by atoms with Crippen molar-refractivity contribution >= 4 is 27.2 Å². The van der Waals surface area contributed by atoms with Crippen molar-refractivity contribution in [3.05, 3.63) is 35.2 Å². The maximum absolute atomic E-state index is 12.7. The Hall–Kier alpha value is -1.19. The van der Waals surface area contributed by atoms with Gasteiger partial charge in [0.05, 0.1) is 0 Å². The van der Waals surface area contributed by atoms with Gasteiger partial charge in [-0.2, -0.15) is 0 Å². The first kappa shape index (κ1) is 13.8. The summed E-state index contributed by atoms with van der Waals surface area (Å²) in [6.07, 6.45) is 6.55. The number of hydrogen-bond donors (Lipinski definition) is 1. The molecule has 106 valence electrons. The molecule has 2 N–H and O–H groups in total. The molecule has 0 spiro atoms. The number of thiophene rings is 1. The van der Waals surface area contributed by atoms with E-state index in [1.54, 1.807) is 11.3 Å². The summed E-state index contributed by atoms with van der Waals surface area (Å²) in [5.41, 5.74) is 6.94. The zero-order valence-corrected chi connectivity index (χ0v) is 12.5. The first-order valence-corrected chi connectivity index (χ1v) is 8.32. The molecule has 20 heavy (non-hydrogen) atoms. The zero-order valence-electron chi connectivity index (χ0n) is 11.7. The van der Waals surface area contributed by atoms with Gasteiger partial charge in [0.1, 0.15) is 0 Å². The highest BCUT2D eigenvalue weighted by Crippen LogP contribution is 2.40. The van der Waals surface area contributed by atoms with Gasteiger partial charge in [-0.3, -0.25) is 4.79 Å². The van der Waals surface area contributed by atoms with Crippen LogP contribution < -0.4 is 5.73 Å². The van der Waals surface area contributed by atoms with Gasteiger partial charge in [0, 0.05) is 16.7 Å². The lowest BCUT2D eigenvalue weighted by atomic mass is 9.70. The topological polar surface area (TPSA) is 43.1 Å². The van der Waals surface area contributed by atoms with Crippen molar-refractivity contribution in [1.82, 2.24) is 0 Å². The van der Waals surface area contributed by atoms with Crippen LogP contribution in [-0.2, 0) is 0 Å². The third-order valence-electron chi connectivity index (χ3n) is 4.66. The van der Waals surface area contributed by atoms with Crippen LogP contribution in [0.1, 0.15) is 48.9 Å². The second-order valence-corrected chi connectivity index (χ2v) is 6.93. The van der Waals surface area contributed by atoms with Gasteiger partial charge in [0.25, 0.3) is 0 Å². The smallest absolute Gasteiger partial charge is 0.164 e. The molecule has 0 atom stereocenters. The van der Waals surface area contributed by atoms with Crippen LogP contribution in [0.4, 0.5) is 0 Å². The molecule has 1 fully saturated rings. The van der Waals surface area contributed by atoms with Crippen LogP contribution in [0.5, 0.6) is 0 Å². The quantitative estimate of drug-likeness (QED) is 0.848. The predicted octanol–water partition coefficient (Wildman–Crippen LogP) is 4.38. The van der Waals surface area contributed by atoms with Gasteiger partial charge >= 0.3 is 0 Å². The average Bonchev–Trinajstić information content (AvgIpc) is 2.96. The molecule has 2 aromatic rings. The third kappa shape index (κ3) is 2.52. The van der Waals surface area contributed by atoms with Crippen LogP contribution in [0.15, 0.2) is 29.6 Å². The maximum atomic E-state index is 12.7. The molecule has 2 nitrogen and oxygen atoms in total. The number of fused-ring (bicyclic) bond motifs is 1. The number of ketones is 1. The molecule has 0 radical (unpaired) electrons. The summed E-state index contributed by atoms with van der Waals surface area (Å²) in [5.74, 6) is 0.269. The minimum atomic E-state index is 0.0504. The minimum absolute atomic E-state index is 0.0504. The Kier molecular flexibility index (Phi) is 3.90. The first-order valence-electron chi connectivity index (χ1n) is 7.44. The van der Waals surface area contributed by atoms with E-state index in [1.807, 2.05) is 12.1 Å². The summed E-state index contributed by atoms with van der Waals surface area (Å²) in [5, 5.41) is 3.23. The van der Waals surface area contributed by atoms with Gasteiger partial charge in [0.2, 0.25) is 0 Å². The number of rotatable bonds is 4. The fourth-order valence-corrected chi connectivity index (χ4v) is 4.33. The van der Waals surface area contributed by atoms with Gasteiger partial charge < -0.3 is 5.73 Å². The molecule has 0 bridgehead atoms. The number of carbonyl (C=O) groups is 1. The maximum Gasteiger partial charge on any atom is 0.164 e. The molecule has 0 unspecified atom stereocenters. The van der Waals surface area contributed by atoms with Crippen molar-refractivity contribution in [1.29, 1.82) is 0 Å². The van der Waals surface area contributed by atoms with Gasteiger partial charge in [-0.25, -0.2) is 0 Å². The molecule has 1 aliphatic carbocycles. The zero-order chi connectivity index (χ0) is 14.0. The highest BCUT2D eigenvalue weighted by molar-refractivity contribution is 7.17. The standard InChI is InChI=1S/C17H21NOS/c18-12-17(8-2-1-3-9-17)11-15(19)14-6-4-5-13-7-10-20-16(13)14/h4-7,10H,1-3,8-9,11-12,18H2. The van der Waals surface area contributed by atoms with Gasteiger partial charge in [0.15, 0.2) is 5.78 Å². The van der Waals surface area contributed by atoms with Crippen LogP contribution >= 0.6 is 11.3 Å². The SMILES string of the molecule is NCC1(CC(=O)c2cccc3ccsc23)CCCCC1. The van der Waals surface area contributed by atoms with E-state index in [9.17, 15) is 4.79 Å². The highest BCUT2D eigenvalue weighted by atomic mass is 32.1. The van der Waals surface area contributed by atoms with Crippen molar-refractivity contribution < 1.29 is 4.79 Å². The van der Waals surface area contributed by atoms with Crippen molar-refractivity contribution in [2.45, 2.75) is 38.5 Å². The van der Waals surface area contributed by atoms with Crippen molar-refractivity contribution in [2.24, 2.45) is 11.1 Å². The highest BCUT2D eigenvalue weighted by Gasteiger charge is 2.33. The number of carbonyl (C=O) groups excluding carboxylic acids is 1. The molecular weight excluding hydrogens is 266 g/mol. The Bertz CT molecular complexity index is 610. The molecule has 3 rings (SSSR count). The number of hydrogen-bond acceptors (Lipinski definition) is 3. The van der Waals surface area contributed by atoms with Crippen LogP contribution in [0.25, 0.3) is 10.1 Å². The number of nitrogens with two attached hydrogens (primary N) is 1. The van der Waals surface area contributed by atoms with Crippen molar-refractivity contribution in [2.75, 3.05) is 6.54 Å². The number of Topliss-reactive ketones (excluding diaryl/α,β-unsaturated/α-hetero) is 1. The van der Waals surface area contributed by atoms with Gasteiger partial charge in [-0.15, -0.1) is 11.3 Å². The monoisotopic (exact) mass is 287 g/mol. The van der Waals surface area contributed by atoms with E-state index < -0.39 is 0 Å². The summed E-state index contributed by atoms with van der Waals surface area (Å²) in [7, 11) is 0. The number of benzene rings is 1. The molecule has 1 heterocycles. The van der Waals surface area contributed by atoms with Crippen LogP contribution in [0, 0.1) is 5.41 Å². The average molecular weight is 287 g/mol. The van der Waals surface area contributed by atoms with E-state index in [-0.39, 0.29) is 11.2 Å². The van der Waals surface area contributed by atoms with Crippen LogP contribution in [0.2, 0.25) is 0 Å². The largest absolute Gasteiger partial charge is 0.330 e. The minimum Gasteiger partial charge on any atom is -0.330 e. The van der Waals surface area contributed by atoms with Crippen molar-refractivity contribution in [3.8, 4) is 0 Å². The molecule has 1 aromatic carbocycles. The van der Waals surface area contributed by atoms with E-state index in [1.165, 1.54) is 24.6 Å². The normalized spacial score (nSPS) is 18.2. The fraction of sp³-hybridized carbons (Fsp3) is 0.471. The molecular formula is C17H21NOS. The lowest BCUT2D eigenvalue weighted by Crippen LogP contribution is -2.35. The summed E-state index contributed by atoms with van der Waals surface area (Å²) in [6, 6.07) is 8.10. The lowest BCUT2D eigenvalue weighted by molar-refractivity contribution is 0.0870. The van der Waals surface area contributed by atoms with E-state index in [4.69, 9.17) is 5.73 Å². The van der Waals surface area contributed by atoms with E-state index in [2.05, 4.69) is 17.5 Å². The molecule has 0 aliphatic heterocycles. The fourth-order valence-electron chi connectivity index (χ4n) is 3.40. The van der Waals surface area contributed by atoms with E-state index in [0.717, 1.165) is 23.1 Å². The Morgan fingerprint density at radius 1 is 1.20 bits per heavy atom. The second-order valence-electron chi connectivity index (χ2n) is 6.01. The predicted molar refractivity (Wildman–Crippen MR) is 85.3 cm³/mol. The summed E-state index contributed by atoms with van der Waals surface area (Å²) in [4.78, 5) is 12.7. The molecule has 3 heteroatoms. The molecule has 1 saturated carbocycles. The Morgan fingerprint density at radius 3 is 2.75 bits per heavy atom. The van der Waals surface area contributed by atoms with Crippen molar-refractivity contribution in [3.63, 3.8) is 0 Å². The summed E-state index contributed by atoms with van der Waals surface area (Å²) in [6.45, 7) is 0.638. The van der Waals surface area contributed by atoms with Crippen LogP contribution in [0.3, 0.4) is 0 Å². The Balaban J connectivity index is 1.87. The van der Waals surface area contributed by atoms with Gasteiger partial charge in [-0.1, -0.05) is 31.4 Å². The second kappa shape index (κ2) is 5.66. The third-order valence-corrected chi connectivity index (χ3v) is 5.63. The van der Waals surface area contributed by atoms with Gasteiger partial charge in [-0.05, 0) is 47.7 Å². The molecule has 0 saturated heterocycles. The van der Waals surface area contributed by atoms with E-state index >= 15 is 0 Å². The molecule has 1 aromatic heterocycles. The lowest BCUT2D eigenvalue weighted by Gasteiger charge is -2.35. The van der Waals surface area contributed by atoms with E-state index in [0.29, 0.717) is 13.0 Å². The Labute approximate surface area is 124 Å².